The Hall–Kier alpha value is -8.44. The first-order valence-corrected chi connectivity index (χ1v) is 26.7. The minimum Gasteiger partial charge on any atom is -0.311 e. The molecule has 73 heavy (non-hydrogen) atoms. The van der Waals surface area contributed by atoms with Crippen LogP contribution in [-0.2, 0) is 10.8 Å². The third kappa shape index (κ3) is 4.74. The van der Waals surface area contributed by atoms with Gasteiger partial charge in [0, 0.05) is 43.7 Å². The molecule has 0 fully saturated rings. The summed E-state index contributed by atoms with van der Waals surface area (Å²) in [4.78, 5) is 6.66. The predicted molar refractivity (Wildman–Crippen MR) is 305 cm³/mol. The summed E-state index contributed by atoms with van der Waals surface area (Å²) >= 11 is 2.08. The molecule has 0 N–H and O–H groups in total. The molecule has 0 bridgehead atoms. The SMILES string of the molecule is CC(C)c1ccc2c(c1)C1(c3ccccc3-c3ccccc31)c1sc3c(c1-2)N(c1ccccc1)c1cccc2c1B3c1cc3c(cc1N2c1ccccc1)-c1ccccc1C31c2ccccc2-c2ccccc21. The van der Waals surface area contributed by atoms with Crippen LogP contribution in [-0.4, -0.2) is 6.71 Å². The van der Waals surface area contributed by atoms with Crippen molar-refractivity contribution >= 4 is 67.9 Å². The third-order valence-corrected chi connectivity index (χ3v) is 19.0. The van der Waals surface area contributed by atoms with Gasteiger partial charge in [-0.25, -0.2) is 0 Å². The van der Waals surface area contributed by atoms with Crippen LogP contribution in [0, 0.1) is 0 Å². The molecule has 1 aromatic heterocycles. The molecule has 0 atom stereocenters. The van der Waals surface area contributed by atoms with Gasteiger partial charge in [0.1, 0.15) is 0 Å². The summed E-state index contributed by atoms with van der Waals surface area (Å²) < 4.78 is 1.40. The third-order valence-electron chi connectivity index (χ3n) is 17.6. The second-order valence-electron chi connectivity index (χ2n) is 21.1. The van der Waals surface area contributed by atoms with Crippen LogP contribution in [0.5, 0.6) is 0 Å². The van der Waals surface area contributed by atoms with Crippen molar-refractivity contribution in [3.05, 3.63) is 280 Å². The Morgan fingerprint density at radius 2 is 0.849 bits per heavy atom. The zero-order valence-corrected chi connectivity index (χ0v) is 41.2. The average molecular weight is 945 g/mol. The minimum atomic E-state index is -0.489. The van der Waals surface area contributed by atoms with Crippen molar-refractivity contribution in [2.45, 2.75) is 30.6 Å². The van der Waals surface area contributed by atoms with E-state index in [9.17, 15) is 0 Å². The molecule has 2 aliphatic heterocycles. The number of hydrogen-bond donors (Lipinski definition) is 0. The topological polar surface area (TPSA) is 6.48 Å². The van der Waals surface area contributed by atoms with Gasteiger partial charge in [-0.15, -0.1) is 11.3 Å². The highest BCUT2D eigenvalue weighted by molar-refractivity contribution is 7.30. The van der Waals surface area contributed by atoms with E-state index >= 15 is 0 Å². The standard InChI is InChI=1S/C69H45BN2S/c1-41(2)42-36-37-50-57(38-42)69(55-32-17-11-26-47(55)48-27-12-18-33-56(48)69)66-63(50)65-67(73-66)70-59-40-58-51(49-28-13-16-31-54(49)68(58)52-29-14-9-24-45(52)46-25-10-15-30-53(46)68)39-62(59)71(43-20-5-3-6-21-43)60-34-19-35-61(64(60)70)72(65)44-22-7-4-8-23-44/h3-41H,1-2H3. The van der Waals surface area contributed by atoms with Crippen LogP contribution in [0.4, 0.5) is 34.1 Å². The number of hydrogen-bond acceptors (Lipinski definition) is 3. The molecule has 0 saturated heterocycles. The van der Waals surface area contributed by atoms with Gasteiger partial charge in [0.2, 0.25) is 0 Å². The summed E-state index contributed by atoms with van der Waals surface area (Å²) in [5.41, 5.74) is 30.7. The van der Waals surface area contributed by atoms with Gasteiger partial charge in [-0.05, 0) is 143 Å². The number of nitrogens with zero attached hydrogens (tertiary/aromatic N) is 2. The fraction of sp³-hybridized carbons (Fsp3) is 0.0725. The Morgan fingerprint density at radius 3 is 1.40 bits per heavy atom. The molecule has 340 valence electrons. The summed E-state index contributed by atoms with van der Waals surface area (Å²) in [6.07, 6.45) is 0. The summed E-state index contributed by atoms with van der Waals surface area (Å²) in [6, 6.07) is 88.5. The number of benzene rings is 10. The second kappa shape index (κ2) is 14.2. The van der Waals surface area contributed by atoms with E-state index in [-0.39, 0.29) is 6.71 Å². The maximum atomic E-state index is 2.69. The normalized spacial score (nSPS) is 15.2. The molecule has 11 aromatic rings. The molecular weight excluding hydrogens is 900 g/mol. The Labute approximate surface area is 430 Å². The highest BCUT2D eigenvalue weighted by Crippen LogP contribution is 2.68. The maximum absolute atomic E-state index is 2.69. The van der Waals surface area contributed by atoms with E-state index < -0.39 is 10.8 Å². The molecule has 4 aliphatic carbocycles. The second-order valence-corrected chi connectivity index (χ2v) is 22.2. The van der Waals surface area contributed by atoms with E-state index in [2.05, 4.69) is 266 Å². The van der Waals surface area contributed by atoms with E-state index in [4.69, 9.17) is 0 Å². The van der Waals surface area contributed by atoms with E-state index in [0.717, 1.165) is 5.69 Å². The van der Waals surface area contributed by atoms with Gasteiger partial charge in [-0.3, -0.25) is 0 Å². The van der Waals surface area contributed by atoms with Gasteiger partial charge < -0.3 is 9.80 Å². The van der Waals surface area contributed by atoms with E-state index in [0.29, 0.717) is 5.92 Å². The first-order valence-electron chi connectivity index (χ1n) is 25.9. The number of rotatable bonds is 3. The Balaban J connectivity index is 1.03. The number of anilines is 6. The number of para-hydroxylation sites is 2. The van der Waals surface area contributed by atoms with Gasteiger partial charge >= 0.3 is 0 Å². The van der Waals surface area contributed by atoms with Crippen LogP contribution in [0.25, 0.3) is 44.5 Å². The Bertz CT molecular complexity index is 4130. The highest BCUT2D eigenvalue weighted by Gasteiger charge is 2.58. The first kappa shape index (κ1) is 40.2. The number of fused-ring (bicyclic) bond motifs is 25. The fourth-order valence-corrected chi connectivity index (χ4v) is 16.6. The smallest absolute Gasteiger partial charge is 0.264 e. The summed E-state index contributed by atoms with van der Waals surface area (Å²) in [7, 11) is 0. The molecule has 6 aliphatic rings. The number of thiophene rings is 1. The van der Waals surface area contributed by atoms with Crippen molar-refractivity contribution in [2.24, 2.45) is 0 Å². The Kier molecular flexibility index (Phi) is 7.80. The molecule has 0 amide bonds. The average Bonchev–Trinajstić information content (AvgIpc) is 4.23. The van der Waals surface area contributed by atoms with Crippen LogP contribution >= 0.6 is 11.3 Å². The molecule has 2 spiro atoms. The lowest BCUT2D eigenvalue weighted by molar-refractivity contribution is 0.794. The molecular formula is C69H45BN2S. The molecule has 10 aromatic carbocycles. The molecule has 4 heteroatoms. The van der Waals surface area contributed by atoms with Crippen molar-refractivity contribution in [3.63, 3.8) is 0 Å². The van der Waals surface area contributed by atoms with Crippen LogP contribution in [0.2, 0.25) is 0 Å². The lowest BCUT2D eigenvalue weighted by Crippen LogP contribution is -2.60. The largest absolute Gasteiger partial charge is 0.311 e. The molecule has 2 nitrogen and oxygen atoms in total. The van der Waals surface area contributed by atoms with Gasteiger partial charge in [0.15, 0.2) is 0 Å². The quantitative estimate of drug-likeness (QED) is 0.163. The van der Waals surface area contributed by atoms with E-state index in [1.165, 1.54) is 138 Å². The molecule has 0 saturated carbocycles. The summed E-state index contributed by atoms with van der Waals surface area (Å²) in [6.45, 7) is 4.61. The predicted octanol–water partition coefficient (Wildman–Crippen LogP) is 15.6. The van der Waals surface area contributed by atoms with Crippen molar-refractivity contribution < 1.29 is 0 Å². The van der Waals surface area contributed by atoms with Crippen molar-refractivity contribution in [1.29, 1.82) is 0 Å². The van der Waals surface area contributed by atoms with Crippen LogP contribution in [0.1, 0.15) is 69.2 Å². The van der Waals surface area contributed by atoms with Crippen LogP contribution in [0.15, 0.2) is 231 Å². The van der Waals surface area contributed by atoms with Crippen LogP contribution < -0.4 is 25.5 Å². The Morgan fingerprint density at radius 1 is 0.384 bits per heavy atom. The van der Waals surface area contributed by atoms with Crippen molar-refractivity contribution in [2.75, 3.05) is 9.80 Å². The highest BCUT2D eigenvalue weighted by atomic mass is 32.1. The lowest BCUT2D eigenvalue weighted by atomic mass is 9.36. The first-order chi connectivity index (χ1) is 36.1. The van der Waals surface area contributed by atoms with Crippen molar-refractivity contribution in [1.82, 2.24) is 0 Å². The fourth-order valence-electron chi connectivity index (χ4n) is 14.9. The summed E-state index contributed by atoms with van der Waals surface area (Å²) in [5, 5.41) is 0. The van der Waals surface area contributed by atoms with E-state index in [1.807, 2.05) is 0 Å². The molecule has 0 unspecified atom stereocenters. The monoisotopic (exact) mass is 944 g/mol. The van der Waals surface area contributed by atoms with Gasteiger partial charge in [0.25, 0.3) is 6.71 Å². The zero-order valence-electron chi connectivity index (χ0n) is 40.4. The van der Waals surface area contributed by atoms with E-state index in [1.54, 1.807) is 0 Å². The lowest BCUT2D eigenvalue weighted by Gasteiger charge is -2.44. The van der Waals surface area contributed by atoms with Crippen LogP contribution in [0.3, 0.4) is 0 Å². The minimum absolute atomic E-state index is 0.0630. The van der Waals surface area contributed by atoms with Gasteiger partial charge in [0.05, 0.1) is 16.5 Å². The van der Waals surface area contributed by atoms with Gasteiger partial charge in [-0.2, -0.15) is 0 Å². The van der Waals surface area contributed by atoms with Crippen molar-refractivity contribution in [3.8, 4) is 44.5 Å². The summed E-state index contributed by atoms with van der Waals surface area (Å²) in [5.74, 6) is 0.383. The maximum Gasteiger partial charge on any atom is 0.264 e. The molecule has 3 heterocycles. The van der Waals surface area contributed by atoms with Gasteiger partial charge in [-0.1, -0.05) is 202 Å². The molecule has 17 rings (SSSR count). The molecule has 0 radical (unpaired) electrons. The zero-order chi connectivity index (χ0) is 47.9.